The summed E-state index contributed by atoms with van der Waals surface area (Å²) in [5.41, 5.74) is 4.88. The Bertz CT molecular complexity index is 623. The van der Waals surface area contributed by atoms with E-state index in [4.69, 9.17) is 9.57 Å². The molecule has 1 saturated carbocycles. The molecule has 1 aliphatic carbocycles. The van der Waals surface area contributed by atoms with Gasteiger partial charge in [-0.3, -0.25) is 4.79 Å². The monoisotopic (exact) mass is 436 g/mol. The molecule has 0 saturated heterocycles. The van der Waals surface area contributed by atoms with Crippen molar-refractivity contribution in [1.29, 1.82) is 0 Å². The Morgan fingerprint density at radius 1 is 0.968 bits per heavy atom. The molecule has 1 aromatic carbocycles. The minimum Gasteiger partial charge on any atom is -0.388 e. The van der Waals surface area contributed by atoms with Crippen LogP contribution in [0.3, 0.4) is 0 Å². The molecule has 0 N–H and O–H groups in total. The molecule has 0 spiro atoms. The number of rotatable bonds is 12. The van der Waals surface area contributed by atoms with E-state index < -0.39 is 0 Å². The van der Waals surface area contributed by atoms with Crippen molar-refractivity contribution < 1.29 is 19.1 Å². The van der Waals surface area contributed by atoms with Crippen LogP contribution in [0.1, 0.15) is 54.4 Å². The first-order chi connectivity index (χ1) is 14.9. The van der Waals surface area contributed by atoms with Crippen LogP contribution in [0.25, 0.3) is 0 Å². The first-order valence-electron chi connectivity index (χ1n) is 11.4. The lowest BCUT2D eigenvalue weighted by molar-refractivity contribution is -0.147. The van der Waals surface area contributed by atoms with Gasteiger partial charge in [-0.1, -0.05) is 17.7 Å². The molecule has 178 valence electrons. The van der Waals surface area contributed by atoms with E-state index in [9.17, 15) is 4.79 Å². The smallest absolute Gasteiger partial charge is 0.227 e. The largest absolute Gasteiger partial charge is 0.388 e. The summed E-state index contributed by atoms with van der Waals surface area (Å²) in [6.45, 7) is 9.45. The summed E-state index contributed by atoms with van der Waals surface area (Å²) in [6, 6.07) is 4.75. The van der Waals surface area contributed by atoms with E-state index >= 15 is 0 Å². The number of amides is 1. The van der Waals surface area contributed by atoms with Crippen molar-refractivity contribution in [3.63, 3.8) is 0 Å². The molecule has 0 aromatic heterocycles. The Balaban J connectivity index is 0.00000151. The van der Waals surface area contributed by atoms with Gasteiger partial charge < -0.3 is 19.2 Å². The summed E-state index contributed by atoms with van der Waals surface area (Å²) in [7, 11) is 6.69. The average Bonchev–Trinajstić information content (AvgIpc) is 2.68. The van der Waals surface area contributed by atoms with Gasteiger partial charge >= 0.3 is 0 Å². The summed E-state index contributed by atoms with van der Waals surface area (Å²) in [5.74, 6) is 0.246. The molecule has 0 atom stereocenters. The number of nitrogens with zero attached hydrogens (tertiary/aromatic N) is 2. The molecule has 0 unspecified atom stereocenters. The van der Waals surface area contributed by atoms with Crippen molar-refractivity contribution in [3.05, 3.63) is 34.4 Å². The number of aryl methyl sites for hydroxylation is 3. The van der Waals surface area contributed by atoms with E-state index in [-0.39, 0.29) is 5.91 Å². The molecule has 31 heavy (non-hydrogen) atoms. The molecule has 6 nitrogen and oxygen atoms in total. The summed E-state index contributed by atoms with van der Waals surface area (Å²) < 4.78 is 9.36. The zero-order chi connectivity index (χ0) is 23.2. The van der Waals surface area contributed by atoms with Crippen LogP contribution < -0.4 is 0 Å². The fraction of sp³-hybridized carbons (Fsp3) is 0.720. The highest BCUT2D eigenvalue weighted by Gasteiger charge is 2.29. The van der Waals surface area contributed by atoms with E-state index in [1.165, 1.54) is 28.7 Å². The molecule has 1 aromatic rings. The minimum atomic E-state index is 0.246. The van der Waals surface area contributed by atoms with Crippen molar-refractivity contribution in [2.24, 2.45) is 0 Å². The lowest BCUT2D eigenvalue weighted by Gasteiger charge is -2.39. The number of hydrogen-bond acceptors (Lipinski definition) is 5. The second kappa shape index (κ2) is 15.4. The fourth-order valence-corrected chi connectivity index (χ4v) is 4.00. The molecule has 0 heterocycles. The number of unbranched alkanes of at least 4 members (excludes halogenated alkanes) is 1. The zero-order valence-corrected chi connectivity index (χ0v) is 20.8. The van der Waals surface area contributed by atoms with Gasteiger partial charge in [0.05, 0.1) is 13.5 Å². The fourth-order valence-electron chi connectivity index (χ4n) is 4.00. The summed E-state index contributed by atoms with van der Waals surface area (Å²) in [5, 5.41) is 1.97. The van der Waals surface area contributed by atoms with Crippen LogP contribution in [0.4, 0.5) is 0 Å². The molecule has 0 bridgehead atoms. The number of ether oxygens (including phenoxy) is 2. The van der Waals surface area contributed by atoms with E-state index in [1.807, 2.05) is 5.06 Å². The quantitative estimate of drug-likeness (QED) is 0.365. The minimum absolute atomic E-state index is 0.246. The summed E-state index contributed by atoms with van der Waals surface area (Å²) in [6.07, 6.45) is 6.02. The van der Waals surface area contributed by atoms with Gasteiger partial charge in [-0.25, -0.2) is 0 Å². The zero-order valence-electron chi connectivity index (χ0n) is 20.8. The van der Waals surface area contributed by atoms with Gasteiger partial charge in [0.15, 0.2) is 0 Å². The number of hydroxylamine groups is 2. The van der Waals surface area contributed by atoms with E-state index in [1.54, 1.807) is 28.4 Å². The standard InChI is InChI=1S/C23H38N2O3.C2H6O/c1-18-15-19(2)22(20(3)16-18)17-23(26)25(21-9-8-10-21)13-12-24(28-5)11-6-7-14-27-4;1-3-2/h15-16,21H,6-14,17H2,1-5H3;1-2H3. The third-order valence-electron chi connectivity index (χ3n) is 5.86. The number of carbonyl (C=O) groups excluding carboxylic acids is 1. The topological polar surface area (TPSA) is 51.2 Å². The van der Waals surface area contributed by atoms with Crippen LogP contribution in [-0.4, -0.2) is 76.6 Å². The van der Waals surface area contributed by atoms with Crippen LogP contribution in [0.15, 0.2) is 12.1 Å². The van der Waals surface area contributed by atoms with Crippen molar-refractivity contribution in [2.45, 2.75) is 65.3 Å². The predicted octanol–water partition coefficient (Wildman–Crippen LogP) is 4.09. The summed E-state index contributed by atoms with van der Waals surface area (Å²) in [4.78, 5) is 20.8. The SMILES string of the molecule is COC.COCCCCN(CCN(C(=O)Cc1c(C)cc(C)cc1C)C1CCC1)OC. The normalized spacial score (nSPS) is 13.5. The molecule has 0 aliphatic heterocycles. The third-order valence-corrected chi connectivity index (χ3v) is 5.86. The van der Waals surface area contributed by atoms with Gasteiger partial charge in [-0.05, 0) is 69.6 Å². The van der Waals surface area contributed by atoms with Crippen LogP contribution in [0.5, 0.6) is 0 Å². The Kier molecular flexibility index (Phi) is 13.7. The molecule has 0 radical (unpaired) electrons. The second-order valence-corrected chi connectivity index (χ2v) is 8.45. The van der Waals surface area contributed by atoms with Crippen molar-refractivity contribution >= 4 is 5.91 Å². The third kappa shape index (κ3) is 9.69. The second-order valence-electron chi connectivity index (χ2n) is 8.45. The van der Waals surface area contributed by atoms with Crippen molar-refractivity contribution in [3.8, 4) is 0 Å². The molecule has 1 fully saturated rings. The Hall–Kier alpha value is -1.47. The predicted molar refractivity (Wildman–Crippen MR) is 126 cm³/mol. The van der Waals surface area contributed by atoms with E-state index in [0.717, 1.165) is 51.9 Å². The van der Waals surface area contributed by atoms with E-state index in [2.05, 4.69) is 42.5 Å². The highest BCUT2D eigenvalue weighted by Crippen LogP contribution is 2.26. The maximum absolute atomic E-state index is 13.2. The Labute approximate surface area is 189 Å². The van der Waals surface area contributed by atoms with Gasteiger partial charge in [-0.15, -0.1) is 0 Å². The lowest BCUT2D eigenvalue weighted by atomic mass is 9.90. The van der Waals surface area contributed by atoms with Crippen molar-refractivity contribution in [1.82, 2.24) is 9.96 Å². The molecule has 1 aliphatic rings. The van der Waals surface area contributed by atoms with Crippen LogP contribution in [0.2, 0.25) is 0 Å². The first-order valence-corrected chi connectivity index (χ1v) is 11.4. The maximum Gasteiger partial charge on any atom is 0.227 e. The molecular weight excluding hydrogens is 392 g/mol. The van der Waals surface area contributed by atoms with Crippen molar-refractivity contribution in [2.75, 3.05) is 54.7 Å². The Morgan fingerprint density at radius 2 is 1.58 bits per heavy atom. The van der Waals surface area contributed by atoms with Gasteiger partial charge in [0, 0.05) is 53.6 Å². The highest BCUT2D eigenvalue weighted by molar-refractivity contribution is 5.80. The number of benzene rings is 1. The highest BCUT2D eigenvalue weighted by atomic mass is 16.7. The van der Waals surface area contributed by atoms with Gasteiger partial charge in [0.2, 0.25) is 5.91 Å². The van der Waals surface area contributed by atoms with Gasteiger partial charge in [-0.2, -0.15) is 5.06 Å². The molecular formula is C25H44N2O4. The number of hydrogen-bond donors (Lipinski definition) is 0. The number of carbonyl (C=O) groups is 1. The van der Waals surface area contributed by atoms with Gasteiger partial charge in [0.25, 0.3) is 0 Å². The van der Waals surface area contributed by atoms with Crippen LogP contribution >= 0.6 is 0 Å². The summed E-state index contributed by atoms with van der Waals surface area (Å²) >= 11 is 0. The lowest BCUT2D eigenvalue weighted by Crippen LogP contribution is -2.48. The Morgan fingerprint density at radius 3 is 2.06 bits per heavy atom. The first kappa shape index (κ1) is 27.6. The van der Waals surface area contributed by atoms with Crippen LogP contribution in [0, 0.1) is 20.8 Å². The van der Waals surface area contributed by atoms with E-state index in [0.29, 0.717) is 12.5 Å². The maximum atomic E-state index is 13.2. The average molecular weight is 437 g/mol. The number of methoxy groups -OCH3 is 2. The molecule has 2 rings (SSSR count). The molecule has 6 heteroatoms. The van der Waals surface area contributed by atoms with Crippen LogP contribution in [-0.2, 0) is 25.5 Å². The molecule has 1 amide bonds. The van der Waals surface area contributed by atoms with Gasteiger partial charge in [0.1, 0.15) is 0 Å².